The normalized spacial score (nSPS) is 16.7. The van der Waals surface area contributed by atoms with E-state index in [-0.39, 0.29) is 16.6 Å². The Morgan fingerprint density at radius 3 is 2.26 bits per heavy atom. The highest BCUT2D eigenvalue weighted by molar-refractivity contribution is 6.37. The number of hydrogen-bond donors (Lipinski definition) is 0. The van der Waals surface area contributed by atoms with Crippen LogP contribution in [0, 0.1) is 5.92 Å². The van der Waals surface area contributed by atoms with Crippen molar-refractivity contribution in [2.24, 2.45) is 5.92 Å². The van der Waals surface area contributed by atoms with Gasteiger partial charge in [0, 0.05) is 10.6 Å². The van der Waals surface area contributed by atoms with Crippen molar-refractivity contribution in [2.75, 3.05) is 0 Å². The van der Waals surface area contributed by atoms with E-state index in [4.69, 9.17) is 23.2 Å². The molecule has 0 amide bonds. The molecule has 0 bridgehead atoms. The molecule has 1 aliphatic rings. The Kier molecular flexibility index (Phi) is 4.31. The molecule has 1 aliphatic carbocycles. The minimum atomic E-state index is -0.726. The summed E-state index contributed by atoms with van der Waals surface area (Å²) in [4.78, 5) is 25.6. The van der Waals surface area contributed by atoms with Gasteiger partial charge in [-0.15, -0.1) is 0 Å². The first-order valence-electron chi connectivity index (χ1n) is 7.55. The van der Waals surface area contributed by atoms with Gasteiger partial charge < -0.3 is 0 Å². The fourth-order valence-corrected chi connectivity index (χ4v) is 3.52. The highest BCUT2D eigenvalue weighted by Crippen LogP contribution is 2.50. The average molecular weight is 347 g/mol. The highest BCUT2D eigenvalue weighted by atomic mass is 35.5. The molecule has 1 saturated carbocycles. The maximum atomic E-state index is 12.9. The molecule has 0 spiro atoms. The topological polar surface area (TPSA) is 34.1 Å². The molecule has 23 heavy (non-hydrogen) atoms. The third kappa shape index (κ3) is 2.93. The molecule has 0 N–H and O–H groups in total. The van der Waals surface area contributed by atoms with Crippen LogP contribution in [-0.2, 0) is 10.2 Å². The number of ketones is 2. The van der Waals surface area contributed by atoms with Crippen molar-refractivity contribution in [1.82, 2.24) is 0 Å². The van der Waals surface area contributed by atoms with E-state index in [9.17, 15) is 9.59 Å². The van der Waals surface area contributed by atoms with Gasteiger partial charge in [0.15, 0.2) is 11.6 Å². The van der Waals surface area contributed by atoms with Gasteiger partial charge in [0.25, 0.3) is 0 Å². The second kappa shape index (κ2) is 6.10. The highest BCUT2D eigenvalue weighted by Gasteiger charge is 2.53. The standard InChI is InChI=1S/C19H16Cl2O2/c1-12(17(22)15-8-7-14(20)11-16(15)21)18(23)19(9-10-19)13-5-3-2-4-6-13/h2-8,11-12H,9-10H2,1H3. The molecule has 2 aromatic rings. The zero-order valence-corrected chi connectivity index (χ0v) is 14.2. The first-order chi connectivity index (χ1) is 11.0. The fraction of sp³-hybridized carbons (Fsp3) is 0.263. The molecule has 4 heteroatoms. The van der Waals surface area contributed by atoms with Gasteiger partial charge >= 0.3 is 0 Å². The number of Topliss-reactive ketones (excluding diaryl/α,β-unsaturated/α-hetero) is 2. The predicted molar refractivity (Wildman–Crippen MR) is 92.3 cm³/mol. The second-order valence-electron chi connectivity index (χ2n) is 6.02. The van der Waals surface area contributed by atoms with Crippen LogP contribution in [0.3, 0.4) is 0 Å². The number of benzene rings is 2. The Morgan fingerprint density at radius 2 is 1.70 bits per heavy atom. The molecule has 0 heterocycles. The van der Waals surface area contributed by atoms with E-state index in [0.29, 0.717) is 10.6 Å². The van der Waals surface area contributed by atoms with E-state index in [0.717, 1.165) is 18.4 Å². The Hall–Kier alpha value is -1.64. The molecule has 2 aromatic carbocycles. The quantitative estimate of drug-likeness (QED) is 0.556. The molecule has 0 saturated heterocycles. The van der Waals surface area contributed by atoms with Gasteiger partial charge in [-0.05, 0) is 43.5 Å². The Bertz CT molecular complexity index is 764. The number of carbonyl (C=O) groups excluding carboxylic acids is 2. The second-order valence-corrected chi connectivity index (χ2v) is 6.87. The smallest absolute Gasteiger partial charge is 0.174 e. The SMILES string of the molecule is CC(C(=O)c1ccc(Cl)cc1Cl)C(=O)C1(c2ccccc2)CC1. The van der Waals surface area contributed by atoms with Gasteiger partial charge in [-0.3, -0.25) is 9.59 Å². The van der Waals surface area contributed by atoms with Crippen LogP contribution in [0.15, 0.2) is 48.5 Å². The van der Waals surface area contributed by atoms with E-state index in [1.165, 1.54) is 6.07 Å². The summed E-state index contributed by atoms with van der Waals surface area (Å²) in [5.41, 5.74) is 0.836. The number of hydrogen-bond acceptors (Lipinski definition) is 2. The van der Waals surface area contributed by atoms with Crippen molar-refractivity contribution < 1.29 is 9.59 Å². The van der Waals surface area contributed by atoms with Crippen LogP contribution in [0.4, 0.5) is 0 Å². The van der Waals surface area contributed by atoms with Crippen molar-refractivity contribution in [3.05, 3.63) is 69.7 Å². The molecule has 118 valence electrons. The van der Waals surface area contributed by atoms with Crippen LogP contribution >= 0.6 is 23.2 Å². The van der Waals surface area contributed by atoms with Crippen LogP contribution < -0.4 is 0 Å². The lowest BCUT2D eigenvalue weighted by atomic mass is 9.82. The lowest BCUT2D eigenvalue weighted by molar-refractivity contribution is -0.123. The maximum Gasteiger partial charge on any atom is 0.174 e. The third-order valence-electron chi connectivity index (χ3n) is 4.53. The summed E-state index contributed by atoms with van der Waals surface area (Å²) in [6.45, 7) is 1.67. The van der Waals surface area contributed by atoms with Crippen molar-refractivity contribution in [1.29, 1.82) is 0 Å². The first kappa shape index (κ1) is 16.2. The predicted octanol–water partition coefficient (Wildman–Crippen LogP) is 5.11. The van der Waals surface area contributed by atoms with E-state index in [1.807, 2.05) is 30.3 Å². The van der Waals surface area contributed by atoms with E-state index in [2.05, 4.69) is 0 Å². The molecular formula is C19H16Cl2O2. The number of halogens is 2. The molecule has 0 aromatic heterocycles. The zero-order valence-electron chi connectivity index (χ0n) is 12.7. The van der Waals surface area contributed by atoms with Gasteiger partial charge in [-0.1, -0.05) is 53.5 Å². The number of rotatable bonds is 5. The molecule has 0 aliphatic heterocycles. The van der Waals surface area contributed by atoms with Crippen LogP contribution in [0.1, 0.15) is 35.7 Å². The van der Waals surface area contributed by atoms with Crippen molar-refractivity contribution in [3.8, 4) is 0 Å². The molecule has 2 nitrogen and oxygen atoms in total. The third-order valence-corrected chi connectivity index (χ3v) is 5.08. The molecule has 0 radical (unpaired) electrons. The van der Waals surface area contributed by atoms with Gasteiger partial charge in [-0.2, -0.15) is 0 Å². The minimum Gasteiger partial charge on any atom is -0.298 e. The summed E-state index contributed by atoms with van der Waals surface area (Å²) in [5.74, 6) is -1.00. The Labute approximate surface area is 145 Å². The monoisotopic (exact) mass is 346 g/mol. The Balaban J connectivity index is 1.87. The summed E-state index contributed by atoms with van der Waals surface area (Å²) in [6, 6.07) is 14.4. The van der Waals surface area contributed by atoms with E-state index < -0.39 is 11.3 Å². The molecule has 1 unspecified atom stereocenters. The van der Waals surface area contributed by atoms with Crippen molar-refractivity contribution in [2.45, 2.75) is 25.2 Å². The lowest BCUT2D eigenvalue weighted by Crippen LogP contribution is -2.31. The first-order valence-corrected chi connectivity index (χ1v) is 8.30. The van der Waals surface area contributed by atoms with Gasteiger partial charge in [0.1, 0.15) is 0 Å². The molecule has 3 rings (SSSR count). The molecular weight excluding hydrogens is 331 g/mol. The van der Waals surface area contributed by atoms with Crippen molar-refractivity contribution in [3.63, 3.8) is 0 Å². The van der Waals surface area contributed by atoms with Crippen LogP contribution in [0.5, 0.6) is 0 Å². The lowest BCUT2D eigenvalue weighted by Gasteiger charge is -2.19. The average Bonchev–Trinajstić information content (AvgIpc) is 3.35. The van der Waals surface area contributed by atoms with E-state index >= 15 is 0 Å². The van der Waals surface area contributed by atoms with Crippen molar-refractivity contribution >= 4 is 34.8 Å². The van der Waals surface area contributed by atoms with Gasteiger partial charge in [0.2, 0.25) is 0 Å². The maximum absolute atomic E-state index is 12.9. The summed E-state index contributed by atoms with van der Waals surface area (Å²) in [7, 11) is 0. The summed E-state index contributed by atoms with van der Waals surface area (Å²) >= 11 is 12.0. The van der Waals surface area contributed by atoms with Crippen LogP contribution in [0.25, 0.3) is 0 Å². The molecule has 1 atom stereocenters. The van der Waals surface area contributed by atoms with E-state index in [1.54, 1.807) is 19.1 Å². The Morgan fingerprint density at radius 1 is 1.04 bits per heavy atom. The summed E-state index contributed by atoms with van der Waals surface area (Å²) in [5, 5.41) is 0.750. The fourth-order valence-electron chi connectivity index (χ4n) is 3.02. The zero-order chi connectivity index (χ0) is 16.6. The van der Waals surface area contributed by atoms with Crippen LogP contribution in [0.2, 0.25) is 10.0 Å². The summed E-state index contributed by atoms with van der Waals surface area (Å²) < 4.78 is 0. The molecule has 1 fully saturated rings. The minimum absolute atomic E-state index is 0.0280. The van der Waals surface area contributed by atoms with Crippen LogP contribution in [-0.4, -0.2) is 11.6 Å². The number of carbonyl (C=O) groups is 2. The van der Waals surface area contributed by atoms with Gasteiger partial charge in [-0.25, -0.2) is 0 Å². The summed E-state index contributed by atoms with van der Waals surface area (Å²) in [6.07, 6.45) is 1.59. The van der Waals surface area contributed by atoms with Gasteiger partial charge in [0.05, 0.1) is 16.4 Å². The largest absolute Gasteiger partial charge is 0.298 e.